The van der Waals surface area contributed by atoms with Gasteiger partial charge in [-0.25, -0.2) is 4.79 Å². The van der Waals surface area contributed by atoms with Gasteiger partial charge >= 0.3 is 5.97 Å². The Labute approximate surface area is 167 Å². The molecule has 4 heteroatoms. The van der Waals surface area contributed by atoms with E-state index in [1.54, 1.807) is 12.1 Å². The van der Waals surface area contributed by atoms with Crippen molar-refractivity contribution in [3.05, 3.63) is 71.8 Å². The number of hydrogen-bond donors (Lipinski definition) is 0. The summed E-state index contributed by atoms with van der Waals surface area (Å²) >= 11 is 0. The van der Waals surface area contributed by atoms with Crippen LogP contribution in [-0.4, -0.2) is 37.1 Å². The predicted octanol–water partition coefficient (Wildman–Crippen LogP) is 4.57. The molecule has 1 aliphatic carbocycles. The molecule has 0 aliphatic heterocycles. The molecule has 0 unspecified atom stereocenters. The molecule has 2 aromatic rings. The van der Waals surface area contributed by atoms with Gasteiger partial charge in [0.25, 0.3) is 0 Å². The highest BCUT2D eigenvalue weighted by Gasteiger charge is 2.43. The summed E-state index contributed by atoms with van der Waals surface area (Å²) in [6, 6.07) is 21.8. The second kappa shape index (κ2) is 8.58. The lowest BCUT2D eigenvalue weighted by molar-refractivity contribution is -0.0385. The van der Waals surface area contributed by atoms with E-state index >= 15 is 0 Å². The number of esters is 1. The van der Waals surface area contributed by atoms with Crippen molar-refractivity contribution in [1.29, 1.82) is 5.26 Å². The lowest BCUT2D eigenvalue weighted by atomic mass is 9.75. The number of rotatable bonds is 5. The summed E-state index contributed by atoms with van der Waals surface area (Å²) in [6.07, 6.45) is 3.75. The average Bonchev–Trinajstić information content (AvgIpc) is 2.89. The van der Waals surface area contributed by atoms with Crippen LogP contribution in [0.5, 0.6) is 0 Å². The highest BCUT2D eigenvalue weighted by atomic mass is 16.6. The number of benzene rings is 2. The molecule has 28 heavy (non-hydrogen) atoms. The summed E-state index contributed by atoms with van der Waals surface area (Å²) < 4.78 is 6.14. The van der Waals surface area contributed by atoms with E-state index in [1.165, 1.54) is 0 Å². The third-order valence-electron chi connectivity index (χ3n) is 5.71. The summed E-state index contributed by atoms with van der Waals surface area (Å²) in [5.74, 6) is -0.286. The van der Waals surface area contributed by atoms with Gasteiger partial charge in [0.2, 0.25) is 0 Å². The largest absolute Gasteiger partial charge is 0.454 e. The molecule has 2 atom stereocenters. The van der Waals surface area contributed by atoms with Gasteiger partial charge in [-0.15, -0.1) is 0 Å². The minimum Gasteiger partial charge on any atom is -0.454 e. The molecule has 0 radical (unpaired) electrons. The van der Waals surface area contributed by atoms with Crippen LogP contribution in [0.3, 0.4) is 0 Å². The van der Waals surface area contributed by atoms with Gasteiger partial charge in [-0.3, -0.25) is 0 Å². The summed E-state index contributed by atoms with van der Waals surface area (Å²) in [7, 11) is 4.00. The molecule has 4 nitrogen and oxygen atoms in total. The van der Waals surface area contributed by atoms with Gasteiger partial charge in [0, 0.05) is 6.54 Å². The maximum Gasteiger partial charge on any atom is 0.338 e. The Balaban J connectivity index is 1.86. The van der Waals surface area contributed by atoms with E-state index in [0.717, 1.165) is 24.8 Å². The van der Waals surface area contributed by atoms with Crippen molar-refractivity contribution in [3.63, 3.8) is 0 Å². The molecular formula is C24H28N2O2. The van der Waals surface area contributed by atoms with Crippen LogP contribution >= 0.6 is 0 Å². The van der Waals surface area contributed by atoms with E-state index in [9.17, 15) is 10.1 Å². The maximum absolute atomic E-state index is 12.8. The number of nitrogens with zero attached hydrogens (tertiary/aromatic N) is 2. The van der Waals surface area contributed by atoms with E-state index in [-0.39, 0.29) is 5.97 Å². The molecule has 0 spiro atoms. The van der Waals surface area contributed by atoms with E-state index in [1.807, 2.05) is 62.6 Å². The summed E-state index contributed by atoms with van der Waals surface area (Å²) in [5, 5.41) is 10.1. The fraction of sp³-hybridized carbons (Fsp3) is 0.417. The SMILES string of the molecule is CN(C)C[C@]1(OC(=O)c2ccccc2)CCC[C@](C#N)(c2ccccc2)CC1. The summed E-state index contributed by atoms with van der Waals surface area (Å²) in [4.78, 5) is 14.9. The number of nitriles is 1. The minimum absolute atomic E-state index is 0.286. The minimum atomic E-state index is -0.580. The molecule has 0 N–H and O–H groups in total. The Hall–Kier alpha value is -2.64. The van der Waals surface area contributed by atoms with Crippen LogP contribution in [-0.2, 0) is 10.2 Å². The summed E-state index contributed by atoms with van der Waals surface area (Å²) in [5.41, 5.74) is 0.533. The third kappa shape index (κ3) is 4.43. The van der Waals surface area contributed by atoms with Crippen molar-refractivity contribution in [1.82, 2.24) is 4.90 Å². The van der Waals surface area contributed by atoms with Gasteiger partial charge in [-0.05, 0) is 63.9 Å². The van der Waals surface area contributed by atoms with Crippen LogP contribution < -0.4 is 0 Å². The first-order chi connectivity index (χ1) is 13.5. The van der Waals surface area contributed by atoms with Crippen molar-refractivity contribution in [3.8, 4) is 6.07 Å². The zero-order chi connectivity index (χ0) is 20.0. The lowest BCUT2D eigenvalue weighted by Gasteiger charge is -2.35. The Kier molecular flexibility index (Phi) is 6.16. The molecule has 146 valence electrons. The molecule has 0 saturated heterocycles. The molecule has 2 aromatic carbocycles. The highest BCUT2D eigenvalue weighted by molar-refractivity contribution is 5.89. The van der Waals surface area contributed by atoms with E-state index in [0.29, 0.717) is 24.9 Å². The van der Waals surface area contributed by atoms with Gasteiger partial charge in [-0.2, -0.15) is 5.26 Å². The lowest BCUT2D eigenvalue weighted by Crippen LogP contribution is -2.44. The average molecular weight is 377 g/mol. The van der Waals surface area contributed by atoms with Crippen LogP contribution in [0.2, 0.25) is 0 Å². The molecule has 1 fully saturated rings. The number of ether oxygens (including phenoxy) is 1. The zero-order valence-corrected chi connectivity index (χ0v) is 16.7. The second-order valence-electron chi connectivity index (χ2n) is 8.09. The van der Waals surface area contributed by atoms with Crippen molar-refractivity contribution >= 4 is 5.97 Å². The van der Waals surface area contributed by atoms with Crippen LogP contribution in [0.4, 0.5) is 0 Å². The number of carbonyl (C=O) groups is 1. The number of carbonyl (C=O) groups excluding carboxylic acids is 1. The van der Waals surface area contributed by atoms with E-state index in [2.05, 4.69) is 11.0 Å². The molecule has 1 saturated carbocycles. The molecule has 0 bridgehead atoms. The monoisotopic (exact) mass is 376 g/mol. The molecular weight excluding hydrogens is 348 g/mol. The highest BCUT2D eigenvalue weighted by Crippen LogP contribution is 2.42. The third-order valence-corrected chi connectivity index (χ3v) is 5.71. The normalized spacial score (nSPS) is 24.9. The molecule has 0 aromatic heterocycles. The van der Waals surface area contributed by atoms with Gasteiger partial charge in [-0.1, -0.05) is 48.5 Å². The zero-order valence-electron chi connectivity index (χ0n) is 16.7. The van der Waals surface area contributed by atoms with Gasteiger partial charge < -0.3 is 9.64 Å². The Morgan fingerprint density at radius 2 is 1.64 bits per heavy atom. The Morgan fingerprint density at radius 3 is 2.25 bits per heavy atom. The van der Waals surface area contributed by atoms with Crippen molar-refractivity contribution in [2.24, 2.45) is 0 Å². The van der Waals surface area contributed by atoms with Crippen molar-refractivity contribution < 1.29 is 9.53 Å². The first-order valence-electron chi connectivity index (χ1n) is 9.89. The summed E-state index contributed by atoms with van der Waals surface area (Å²) in [6.45, 7) is 0.655. The maximum atomic E-state index is 12.8. The van der Waals surface area contributed by atoms with Crippen LogP contribution in [0.15, 0.2) is 60.7 Å². The van der Waals surface area contributed by atoms with E-state index < -0.39 is 11.0 Å². The standard InChI is InChI=1S/C24H28N2O2/c1-26(2)19-24(28-22(27)20-10-5-3-6-11-20)15-9-14-23(18-25,16-17-24)21-12-7-4-8-13-21/h3-8,10-13H,9,14-17,19H2,1-2H3/t23-,24-/m0/s1. The molecule has 1 aliphatic rings. The van der Waals surface area contributed by atoms with E-state index in [4.69, 9.17) is 4.74 Å². The van der Waals surface area contributed by atoms with Gasteiger partial charge in [0.1, 0.15) is 5.60 Å². The molecule has 0 heterocycles. The number of likely N-dealkylation sites (N-methyl/N-ethyl adjacent to an activating group) is 1. The van der Waals surface area contributed by atoms with Crippen LogP contribution in [0.1, 0.15) is 48.0 Å². The fourth-order valence-corrected chi connectivity index (χ4v) is 4.32. The molecule has 3 rings (SSSR count). The Morgan fingerprint density at radius 1 is 1.00 bits per heavy atom. The van der Waals surface area contributed by atoms with Crippen LogP contribution in [0.25, 0.3) is 0 Å². The van der Waals surface area contributed by atoms with Gasteiger partial charge in [0.15, 0.2) is 0 Å². The quantitative estimate of drug-likeness (QED) is 0.567. The second-order valence-corrected chi connectivity index (χ2v) is 8.09. The first kappa shape index (κ1) is 20.1. The molecule has 0 amide bonds. The van der Waals surface area contributed by atoms with Gasteiger partial charge in [0.05, 0.1) is 17.0 Å². The first-order valence-corrected chi connectivity index (χ1v) is 9.89. The number of hydrogen-bond acceptors (Lipinski definition) is 4. The smallest absolute Gasteiger partial charge is 0.338 e. The van der Waals surface area contributed by atoms with Crippen molar-refractivity contribution in [2.45, 2.75) is 43.1 Å². The predicted molar refractivity (Wildman–Crippen MR) is 110 cm³/mol. The van der Waals surface area contributed by atoms with Crippen LogP contribution in [0, 0.1) is 11.3 Å². The fourth-order valence-electron chi connectivity index (χ4n) is 4.32. The Bertz CT molecular complexity index is 829. The topological polar surface area (TPSA) is 53.3 Å². The van der Waals surface area contributed by atoms with Crippen molar-refractivity contribution in [2.75, 3.05) is 20.6 Å².